The molecule has 2 aromatic rings. The van der Waals surface area contributed by atoms with E-state index in [0.717, 1.165) is 12.0 Å². The number of carbonyl (C=O) groups excluding carboxylic acids is 1. The number of nitrogens with one attached hydrogen (secondary N) is 1. The minimum absolute atomic E-state index is 0.00576. The summed E-state index contributed by atoms with van der Waals surface area (Å²) in [6, 6.07) is 13.6. The minimum atomic E-state index is -0.0944. The normalized spacial score (nSPS) is 20.1. The van der Waals surface area contributed by atoms with Crippen LogP contribution < -0.4 is 5.32 Å². The average Bonchev–Trinajstić information content (AvgIpc) is 2.78. The Kier molecular flexibility index (Phi) is 4.05. The van der Waals surface area contributed by atoms with Crippen LogP contribution in [0.3, 0.4) is 0 Å². The lowest BCUT2D eigenvalue weighted by molar-refractivity contribution is 0.0938. The summed E-state index contributed by atoms with van der Waals surface area (Å²) in [4.78, 5) is 12.7. The van der Waals surface area contributed by atoms with E-state index in [-0.39, 0.29) is 16.8 Å². The number of hydrogen-bond acceptors (Lipinski definition) is 1. The highest BCUT2D eigenvalue weighted by atomic mass is 79.9. The Bertz CT molecular complexity index is 701. The van der Waals surface area contributed by atoms with Gasteiger partial charge in [-0.1, -0.05) is 57.9 Å². The van der Waals surface area contributed by atoms with E-state index in [9.17, 15) is 4.79 Å². The zero-order valence-corrected chi connectivity index (χ0v) is 13.9. The lowest BCUT2D eigenvalue weighted by atomic mass is 10.1. The van der Waals surface area contributed by atoms with Gasteiger partial charge in [0.15, 0.2) is 0 Å². The number of carbonyl (C=O) groups is 1. The summed E-state index contributed by atoms with van der Waals surface area (Å²) < 4.78 is 0. The molecule has 1 aliphatic rings. The van der Waals surface area contributed by atoms with Crippen LogP contribution in [0.25, 0.3) is 0 Å². The van der Waals surface area contributed by atoms with Gasteiger partial charge in [0.25, 0.3) is 5.91 Å². The van der Waals surface area contributed by atoms with E-state index in [2.05, 4.69) is 33.4 Å². The summed E-state index contributed by atoms with van der Waals surface area (Å²) in [6.07, 6.45) is 0.926. The van der Waals surface area contributed by atoms with E-state index in [0.29, 0.717) is 10.6 Å². The third kappa shape index (κ3) is 2.85. The first-order chi connectivity index (χ1) is 10.1. The van der Waals surface area contributed by atoms with Gasteiger partial charge in [-0.15, -0.1) is 0 Å². The van der Waals surface area contributed by atoms with Gasteiger partial charge in [-0.2, -0.15) is 0 Å². The molecule has 2 aromatic carbocycles. The molecular formula is C17H15BrClNO. The molecule has 1 aliphatic carbocycles. The molecule has 2 unspecified atom stereocenters. The molecular weight excluding hydrogens is 350 g/mol. The van der Waals surface area contributed by atoms with E-state index in [1.807, 2.05) is 25.1 Å². The molecule has 21 heavy (non-hydrogen) atoms. The van der Waals surface area contributed by atoms with Crippen LogP contribution in [-0.2, 0) is 6.42 Å². The third-order valence-corrected chi connectivity index (χ3v) is 5.15. The molecule has 4 heteroatoms. The standard InChI is InChI=1S/C17H15BrClNO/c1-10-6-7-12(9-15(10)19)17(21)20-16-13-5-3-2-4-11(13)8-14(16)18/h2-7,9,14,16H,8H2,1H3,(H,20,21). The Balaban J connectivity index is 1.83. The lowest BCUT2D eigenvalue weighted by Crippen LogP contribution is -2.31. The molecule has 0 saturated heterocycles. The molecule has 2 atom stereocenters. The number of hydrogen-bond donors (Lipinski definition) is 1. The summed E-state index contributed by atoms with van der Waals surface area (Å²) in [5.41, 5.74) is 4.03. The van der Waals surface area contributed by atoms with Crippen molar-refractivity contribution < 1.29 is 4.79 Å². The number of rotatable bonds is 2. The fraction of sp³-hybridized carbons (Fsp3) is 0.235. The second kappa shape index (κ2) is 5.82. The maximum absolute atomic E-state index is 12.4. The highest BCUT2D eigenvalue weighted by Crippen LogP contribution is 2.35. The SMILES string of the molecule is Cc1ccc(C(=O)NC2c3ccccc3CC2Br)cc1Cl. The average molecular weight is 365 g/mol. The van der Waals surface area contributed by atoms with Crippen molar-refractivity contribution in [2.24, 2.45) is 0 Å². The third-order valence-electron chi connectivity index (χ3n) is 3.89. The molecule has 3 rings (SSSR count). The van der Waals surface area contributed by atoms with Crippen molar-refractivity contribution in [3.63, 3.8) is 0 Å². The summed E-state index contributed by atoms with van der Waals surface area (Å²) in [5.74, 6) is -0.0944. The number of aryl methyl sites for hydroxylation is 1. The van der Waals surface area contributed by atoms with Crippen molar-refractivity contribution in [1.29, 1.82) is 0 Å². The van der Waals surface area contributed by atoms with Gasteiger partial charge >= 0.3 is 0 Å². The van der Waals surface area contributed by atoms with E-state index >= 15 is 0 Å². The van der Waals surface area contributed by atoms with Crippen LogP contribution >= 0.6 is 27.5 Å². The Morgan fingerprint density at radius 2 is 2.05 bits per heavy atom. The highest BCUT2D eigenvalue weighted by Gasteiger charge is 2.31. The molecule has 0 fully saturated rings. The molecule has 2 nitrogen and oxygen atoms in total. The largest absolute Gasteiger partial charge is 0.344 e. The van der Waals surface area contributed by atoms with Gasteiger partial charge in [0.1, 0.15) is 0 Å². The maximum atomic E-state index is 12.4. The van der Waals surface area contributed by atoms with Crippen LogP contribution in [-0.4, -0.2) is 10.7 Å². The highest BCUT2D eigenvalue weighted by molar-refractivity contribution is 9.09. The first-order valence-corrected chi connectivity index (χ1v) is 8.14. The van der Waals surface area contributed by atoms with Crippen molar-refractivity contribution in [2.75, 3.05) is 0 Å². The Hall–Kier alpha value is -1.32. The molecule has 108 valence electrons. The number of benzene rings is 2. The van der Waals surface area contributed by atoms with Gasteiger partial charge in [-0.05, 0) is 42.2 Å². The second-order valence-electron chi connectivity index (χ2n) is 5.33. The van der Waals surface area contributed by atoms with Gasteiger partial charge in [0.2, 0.25) is 0 Å². The predicted octanol–water partition coefficient (Wildman–Crippen LogP) is 4.44. The first kappa shape index (κ1) is 14.6. The summed E-state index contributed by atoms with van der Waals surface area (Å²) in [5, 5.41) is 3.72. The summed E-state index contributed by atoms with van der Waals surface area (Å²) >= 11 is 9.77. The van der Waals surface area contributed by atoms with Gasteiger partial charge in [-0.25, -0.2) is 0 Å². The van der Waals surface area contributed by atoms with Crippen LogP contribution in [0, 0.1) is 6.92 Å². The Labute approximate surface area is 137 Å². The summed E-state index contributed by atoms with van der Waals surface area (Å²) in [7, 11) is 0. The van der Waals surface area contributed by atoms with Crippen molar-refractivity contribution in [3.05, 3.63) is 69.7 Å². The molecule has 0 spiro atoms. The number of amides is 1. The molecule has 0 radical (unpaired) electrons. The minimum Gasteiger partial charge on any atom is -0.344 e. The van der Waals surface area contributed by atoms with Crippen molar-refractivity contribution in [3.8, 4) is 0 Å². The van der Waals surface area contributed by atoms with Crippen LogP contribution in [0.15, 0.2) is 42.5 Å². The van der Waals surface area contributed by atoms with Gasteiger partial charge in [0.05, 0.1) is 6.04 Å². The van der Waals surface area contributed by atoms with Crippen molar-refractivity contribution in [1.82, 2.24) is 5.32 Å². The molecule has 1 amide bonds. The second-order valence-corrected chi connectivity index (χ2v) is 6.92. The topological polar surface area (TPSA) is 29.1 Å². The Morgan fingerprint density at radius 1 is 1.29 bits per heavy atom. The van der Waals surface area contributed by atoms with Crippen LogP contribution in [0.1, 0.15) is 33.1 Å². The van der Waals surface area contributed by atoms with Crippen molar-refractivity contribution >= 4 is 33.4 Å². The lowest BCUT2D eigenvalue weighted by Gasteiger charge is -2.18. The summed E-state index contributed by atoms with van der Waals surface area (Å²) in [6.45, 7) is 1.92. The first-order valence-electron chi connectivity index (χ1n) is 6.85. The van der Waals surface area contributed by atoms with Crippen LogP contribution in [0.2, 0.25) is 5.02 Å². The van der Waals surface area contributed by atoms with Crippen LogP contribution in [0.5, 0.6) is 0 Å². The van der Waals surface area contributed by atoms with Gasteiger partial charge in [-0.3, -0.25) is 4.79 Å². The molecule has 0 saturated carbocycles. The Morgan fingerprint density at radius 3 is 2.81 bits per heavy atom. The fourth-order valence-electron chi connectivity index (χ4n) is 2.67. The molecule has 0 bridgehead atoms. The zero-order valence-electron chi connectivity index (χ0n) is 11.6. The van der Waals surface area contributed by atoms with E-state index in [1.54, 1.807) is 12.1 Å². The molecule has 0 aromatic heterocycles. The quantitative estimate of drug-likeness (QED) is 0.784. The number of halogens is 2. The number of alkyl halides is 1. The molecule has 0 heterocycles. The number of fused-ring (bicyclic) bond motifs is 1. The molecule has 1 N–H and O–H groups in total. The van der Waals surface area contributed by atoms with E-state index in [1.165, 1.54) is 11.1 Å². The van der Waals surface area contributed by atoms with Crippen molar-refractivity contribution in [2.45, 2.75) is 24.2 Å². The molecule has 0 aliphatic heterocycles. The predicted molar refractivity (Wildman–Crippen MR) is 89.3 cm³/mol. The monoisotopic (exact) mass is 363 g/mol. The van der Waals surface area contributed by atoms with E-state index < -0.39 is 0 Å². The van der Waals surface area contributed by atoms with E-state index in [4.69, 9.17) is 11.6 Å². The fourth-order valence-corrected chi connectivity index (χ4v) is 3.62. The zero-order chi connectivity index (χ0) is 15.0. The smallest absolute Gasteiger partial charge is 0.251 e. The maximum Gasteiger partial charge on any atom is 0.251 e. The van der Waals surface area contributed by atoms with Gasteiger partial charge in [0, 0.05) is 15.4 Å². The van der Waals surface area contributed by atoms with Gasteiger partial charge < -0.3 is 5.32 Å². The van der Waals surface area contributed by atoms with Crippen LogP contribution in [0.4, 0.5) is 0 Å².